The molecule has 4 N–H and O–H groups in total. The topological polar surface area (TPSA) is 75.3 Å². The predicted molar refractivity (Wildman–Crippen MR) is 83.0 cm³/mol. The van der Waals surface area contributed by atoms with Gasteiger partial charge < -0.3 is 16.2 Å². The van der Waals surface area contributed by atoms with Crippen LogP contribution in [0.15, 0.2) is 48.5 Å². The van der Waals surface area contributed by atoms with Crippen LogP contribution in [0, 0.1) is 0 Å². The summed E-state index contributed by atoms with van der Waals surface area (Å²) in [6.45, 7) is 0. The van der Waals surface area contributed by atoms with Crippen LogP contribution in [0.25, 0.3) is 0 Å². The summed E-state index contributed by atoms with van der Waals surface area (Å²) in [5, 5.41) is 12.1. The third-order valence-electron chi connectivity index (χ3n) is 2.70. The highest BCUT2D eigenvalue weighted by Crippen LogP contribution is 2.14. The van der Waals surface area contributed by atoms with E-state index in [9.17, 15) is 9.90 Å². The number of benzene rings is 2. The van der Waals surface area contributed by atoms with E-state index in [-0.39, 0.29) is 11.7 Å². The molecule has 0 aliphatic carbocycles. The largest absolute Gasteiger partial charge is 0.508 e. The van der Waals surface area contributed by atoms with Gasteiger partial charge in [-0.1, -0.05) is 30.4 Å². The Morgan fingerprint density at radius 3 is 2.50 bits per heavy atom. The highest BCUT2D eigenvalue weighted by Gasteiger charge is 2.06. The Balaban J connectivity index is 2.06. The van der Waals surface area contributed by atoms with Gasteiger partial charge in [0.1, 0.15) is 5.75 Å². The fourth-order valence-electron chi connectivity index (χ4n) is 1.76. The van der Waals surface area contributed by atoms with Crippen molar-refractivity contribution in [1.29, 1.82) is 0 Å². The van der Waals surface area contributed by atoms with Crippen LogP contribution in [0.4, 0.5) is 5.69 Å². The number of phenolic OH excluding ortho intramolecular Hbond substituents is 1. The van der Waals surface area contributed by atoms with E-state index in [0.717, 1.165) is 5.56 Å². The number of hydrogen-bond donors (Lipinski definition) is 3. The summed E-state index contributed by atoms with van der Waals surface area (Å²) >= 11 is 4.84. The van der Waals surface area contributed by atoms with Gasteiger partial charge in [-0.25, -0.2) is 0 Å². The lowest BCUT2D eigenvalue weighted by Crippen LogP contribution is -2.12. The molecule has 2 aromatic rings. The van der Waals surface area contributed by atoms with Crippen molar-refractivity contribution in [3.05, 3.63) is 59.7 Å². The summed E-state index contributed by atoms with van der Waals surface area (Å²) < 4.78 is 0. The number of nitrogens with two attached hydrogens (primary N) is 1. The Labute approximate surface area is 122 Å². The monoisotopic (exact) mass is 286 g/mol. The number of phenols is 1. The molecule has 0 atom stereocenters. The Morgan fingerprint density at radius 2 is 1.90 bits per heavy atom. The minimum absolute atomic E-state index is 0.0597. The van der Waals surface area contributed by atoms with E-state index >= 15 is 0 Å². The third kappa shape index (κ3) is 3.80. The number of nitrogens with one attached hydrogen (secondary N) is 1. The zero-order valence-corrected chi connectivity index (χ0v) is 11.5. The minimum atomic E-state index is -0.275. The lowest BCUT2D eigenvalue weighted by atomic mass is 10.1. The molecule has 102 valence electrons. The van der Waals surface area contributed by atoms with Gasteiger partial charge in [0.15, 0.2) is 0 Å². The van der Waals surface area contributed by atoms with Crippen LogP contribution >= 0.6 is 12.2 Å². The molecule has 0 heterocycles. The summed E-state index contributed by atoms with van der Waals surface area (Å²) in [6.07, 6.45) is 0.538. The molecule has 5 heteroatoms. The molecule has 0 aliphatic heterocycles. The Morgan fingerprint density at radius 1 is 1.20 bits per heavy atom. The molecule has 4 nitrogen and oxygen atoms in total. The number of amides is 1. The zero-order chi connectivity index (χ0) is 14.5. The fourth-order valence-corrected chi connectivity index (χ4v) is 1.92. The van der Waals surface area contributed by atoms with E-state index < -0.39 is 0 Å². The molecule has 0 fully saturated rings. The summed E-state index contributed by atoms with van der Waals surface area (Å²) in [5.74, 6) is -0.215. The highest BCUT2D eigenvalue weighted by molar-refractivity contribution is 7.80. The maximum Gasteiger partial charge on any atom is 0.255 e. The van der Waals surface area contributed by atoms with Crippen molar-refractivity contribution in [2.24, 2.45) is 5.73 Å². The average molecular weight is 286 g/mol. The maximum absolute atomic E-state index is 12.0. The number of carbonyl (C=O) groups is 1. The summed E-state index contributed by atoms with van der Waals surface area (Å²) in [6, 6.07) is 13.5. The average Bonchev–Trinajstić information content (AvgIpc) is 2.40. The van der Waals surface area contributed by atoms with Gasteiger partial charge in [-0.2, -0.15) is 0 Å². The van der Waals surface area contributed by atoms with Crippen LogP contribution in [0.2, 0.25) is 0 Å². The summed E-state index contributed by atoms with van der Waals surface area (Å²) in [4.78, 5) is 12.4. The van der Waals surface area contributed by atoms with Crippen molar-refractivity contribution in [2.75, 3.05) is 5.32 Å². The first-order valence-electron chi connectivity index (χ1n) is 6.02. The standard InChI is InChI=1S/C15H14N2O2S/c16-14(20)8-10-4-6-12(7-5-10)17-15(19)11-2-1-3-13(18)9-11/h1-7,9,18H,8H2,(H2,16,20)(H,17,19). The second-order valence-electron chi connectivity index (χ2n) is 4.34. The molecule has 2 rings (SSSR count). The first-order chi connectivity index (χ1) is 9.54. The lowest BCUT2D eigenvalue weighted by Gasteiger charge is -2.06. The van der Waals surface area contributed by atoms with E-state index in [2.05, 4.69) is 5.32 Å². The van der Waals surface area contributed by atoms with E-state index in [4.69, 9.17) is 18.0 Å². The molecule has 0 bridgehead atoms. The molecule has 0 saturated heterocycles. The number of thiocarbonyl (C=S) groups is 1. The van der Waals surface area contributed by atoms with E-state index in [0.29, 0.717) is 22.7 Å². The Bertz CT molecular complexity index is 639. The number of carbonyl (C=O) groups excluding carboxylic acids is 1. The molecule has 0 aliphatic rings. The van der Waals surface area contributed by atoms with Crippen molar-refractivity contribution >= 4 is 28.8 Å². The van der Waals surface area contributed by atoms with E-state index in [1.54, 1.807) is 24.3 Å². The first kappa shape index (κ1) is 14.0. The molecule has 2 aromatic carbocycles. The number of aromatic hydroxyl groups is 1. The molecule has 20 heavy (non-hydrogen) atoms. The second kappa shape index (κ2) is 6.16. The molecule has 0 radical (unpaired) electrons. The number of hydrogen-bond acceptors (Lipinski definition) is 3. The fraction of sp³-hybridized carbons (Fsp3) is 0.0667. The predicted octanol–water partition coefficient (Wildman–Crippen LogP) is 2.47. The van der Waals surface area contributed by atoms with Gasteiger partial charge in [-0.15, -0.1) is 0 Å². The van der Waals surface area contributed by atoms with Crippen molar-refractivity contribution in [3.63, 3.8) is 0 Å². The van der Waals surface area contributed by atoms with Gasteiger partial charge in [0.05, 0.1) is 4.99 Å². The van der Waals surface area contributed by atoms with Gasteiger partial charge >= 0.3 is 0 Å². The zero-order valence-electron chi connectivity index (χ0n) is 10.7. The highest BCUT2D eigenvalue weighted by atomic mass is 32.1. The molecular weight excluding hydrogens is 272 g/mol. The van der Waals surface area contributed by atoms with Crippen molar-refractivity contribution in [1.82, 2.24) is 0 Å². The van der Waals surface area contributed by atoms with Gasteiger partial charge in [0.25, 0.3) is 5.91 Å². The second-order valence-corrected chi connectivity index (χ2v) is 4.87. The SMILES string of the molecule is NC(=S)Cc1ccc(NC(=O)c2cccc(O)c2)cc1. The number of rotatable bonds is 4. The third-order valence-corrected chi connectivity index (χ3v) is 2.84. The quantitative estimate of drug-likeness (QED) is 0.755. The van der Waals surface area contributed by atoms with Gasteiger partial charge in [-0.05, 0) is 35.9 Å². The molecule has 0 saturated carbocycles. The van der Waals surface area contributed by atoms with Gasteiger partial charge in [-0.3, -0.25) is 4.79 Å². The molecule has 0 unspecified atom stereocenters. The van der Waals surface area contributed by atoms with Crippen molar-refractivity contribution in [2.45, 2.75) is 6.42 Å². The molecule has 0 aromatic heterocycles. The first-order valence-corrected chi connectivity index (χ1v) is 6.43. The minimum Gasteiger partial charge on any atom is -0.508 e. The number of anilines is 1. The van der Waals surface area contributed by atoms with Gasteiger partial charge in [0, 0.05) is 17.7 Å². The van der Waals surface area contributed by atoms with Gasteiger partial charge in [0.2, 0.25) is 0 Å². The van der Waals surface area contributed by atoms with Crippen LogP contribution in [-0.2, 0) is 6.42 Å². The Kier molecular flexibility index (Phi) is 4.32. The molecule has 0 spiro atoms. The summed E-state index contributed by atoms with van der Waals surface area (Å²) in [5.41, 5.74) is 7.54. The normalized spacial score (nSPS) is 10.0. The Hall–Kier alpha value is -2.40. The van der Waals surface area contributed by atoms with E-state index in [1.807, 2.05) is 12.1 Å². The smallest absolute Gasteiger partial charge is 0.255 e. The van der Waals surface area contributed by atoms with E-state index in [1.165, 1.54) is 12.1 Å². The van der Waals surface area contributed by atoms with Crippen LogP contribution in [0.1, 0.15) is 15.9 Å². The van der Waals surface area contributed by atoms with Crippen LogP contribution < -0.4 is 11.1 Å². The van der Waals surface area contributed by atoms with Crippen molar-refractivity contribution < 1.29 is 9.90 Å². The van der Waals surface area contributed by atoms with Crippen molar-refractivity contribution in [3.8, 4) is 5.75 Å². The lowest BCUT2D eigenvalue weighted by molar-refractivity contribution is 0.102. The van der Waals surface area contributed by atoms with Crippen LogP contribution in [0.3, 0.4) is 0 Å². The molecular formula is C15H14N2O2S. The summed E-state index contributed by atoms with van der Waals surface area (Å²) in [7, 11) is 0. The van der Waals surface area contributed by atoms with Crippen LogP contribution in [-0.4, -0.2) is 16.0 Å². The maximum atomic E-state index is 12.0. The van der Waals surface area contributed by atoms with Crippen LogP contribution in [0.5, 0.6) is 5.75 Å². The molecule has 1 amide bonds.